The van der Waals surface area contributed by atoms with Gasteiger partial charge in [0.05, 0.1) is 0 Å². The summed E-state index contributed by atoms with van der Waals surface area (Å²) >= 11 is 17.3. The summed E-state index contributed by atoms with van der Waals surface area (Å²) in [5.74, 6) is 0. The maximum atomic E-state index is 13.1. The molecule has 0 aliphatic heterocycles. The molecule has 0 bridgehead atoms. The Bertz CT molecular complexity index is 535. The van der Waals surface area contributed by atoms with Gasteiger partial charge in [0, 0.05) is 5.56 Å². The summed E-state index contributed by atoms with van der Waals surface area (Å²) in [5, 5.41) is 1.48. The van der Waals surface area contributed by atoms with Crippen molar-refractivity contribution in [2.24, 2.45) is 0 Å². The predicted octanol–water partition coefficient (Wildman–Crippen LogP) is 6.27. The molecule has 18 heavy (non-hydrogen) atoms. The van der Waals surface area contributed by atoms with Gasteiger partial charge in [-0.2, -0.15) is 8.78 Å². The molecule has 0 saturated heterocycles. The van der Waals surface area contributed by atoms with E-state index in [0.717, 1.165) is 5.39 Å². The fourth-order valence-electron chi connectivity index (χ4n) is 1.60. The van der Waals surface area contributed by atoms with Crippen molar-refractivity contribution >= 4 is 65.8 Å². The van der Waals surface area contributed by atoms with Crippen LogP contribution in [0.5, 0.6) is 0 Å². The second-order valence-corrected chi connectivity index (χ2v) is 8.20. The van der Waals surface area contributed by atoms with E-state index in [9.17, 15) is 8.78 Å². The minimum Gasteiger partial charge on any atom is -0.188 e. The molecule has 0 heterocycles. The first-order valence-electron chi connectivity index (χ1n) is 4.86. The number of alkyl halides is 6. The molecule has 0 aromatic heterocycles. The van der Waals surface area contributed by atoms with Crippen LogP contribution in [0.2, 0.25) is 0 Å². The maximum absolute atomic E-state index is 13.1. The molecule has 0 aliphatic carbocycles. The molecular weight excluding hydrogens is 413 g/mol. The van der Waals surface area contributed by atoms with E-state index >= 15 is 0 Å². The molecule has 0 nitrogen and oxygen atoms in total. The summed E-state index contributed by atoms with van der Waals surface area (Å²) in [5.41, 5.74) is 0.557. The van der Waals surface area contributed by atoms with E-state index in [4.69, 9.17) is 23.2 Å². The van der Waals surface area contributed by atoms with Gasteiger partial charge in [0.1, 0.15) is 0 Å². The Morgan fingerprint density at radius 1 is 0.833 bits per heavy atom. The van der Waals surface area contributed by atoms with Gasteiger partial charge in [-0.1, -0.05) is 47.5 Å². The monoisotopic (exact) mass is 416 g/mol. The molecular formula is C12H6Br2Cl2F2. The van der Waals surface area contributed by atoms with Crippen LogP contribution in [0.25, 0.3) is 10.8 Å². The molecule has 96 valence electrons. The minimum absolute atomic E-state index is 0.0930. The van der Waals surface area contributed by atoms with E-state index in [1.54, 1.807) is 24.3 Å². The van der Waals surface area contributed by atoms with Gasteiger partial charge in [0.2, 0.25) is 0 Å². The number of fused-ring (bicyclic) bond motifs is 1. The zero-order valence-corrected chi connectivity index (χ0v) is 13.4. The van der Waals surface area contributed by atoms with Crippen molar-refractivity contribution in [1.29, 1.82) is 0 Å². The second kappa shape index (κ2) is 4.89. The van der Waals surface area contributed by atoms with Gasteiger partial charge in [-0.15, -0.1) is 0 Å². The van der Waals surface area contributed by atoms with Crippen LogP contribution in [-0.4, -0.2) is 0 Å². The lowest BCUT2D eigenvalue weighted by atomic mass is 10.0. The zero-order chi connectivity index (χ0) is 13.6. The van der Waals surface area contributed by atoms with Crippen molar-refractivity contribution in [3.8, 4) is 0 Å². The highest BCUT2D eigenvalue weighted by Gasteiger charge is 2.27. The third-order valence-corrected chi connectivity index (χ3v) is 3.85. The van der Waals surface area contributed by atoms with E-state index in [0.29, 0.717) is 10.9 Å². The molecule has 6 heteroatoms. The maximum Gasteiger partial charge on any atom is 0.326 e. The molecule has 0 aliphatic rings. The third kappa shape index (κ3) is 3.16. The van der Waals surface area contributed by atoms with Gasteiger partial charge in [-0.3, -0.25) is 0 Å². The van der Waals surface area contributed by atoms with Crippen LogP contribution in [0.3, 0.4) is 0 Å². The summed E-state index contributed by atoms with van der Waals surface area (Å²) < 4.78 is 25.1. The van der Waals surface area contributed by atoms with Crippen LogP contribution in [0.4, 0.5) is 8.78 Å². The molecule has 0 amide bonds. The Balaban J connectivity index is 2.56. The summed E-state index contributed by atoms with van der Waals surface area (Å²) in [6.45, 7) is 0. The highest BCUT2D eigenvalue weighted by molar-refractivity contribution is 9.10. The molecule has 0 atom stereocenters. The van der Waals surface area contributed by atoms with E-state index in [1.165, 1.54) is 12.1 Å². The topological polar surface area (TPSA) is 0 Å². The molecule has 0 fully saturated rings. The lowest BCUT2D eigenvalue weighted by molar-refractivity contribution is 0.115. The number of hydrogen-bond acceptors (Lipinski definition) is 0. The number of halogens is 6. The van der Waals surface area contributed by atoms with Crippen molar-refractivity contribution in [3.05, 3.63) is 47.5 Å². The molecule has 0 N–H and O–H groups in total. The number of hydrogen-bond donors (Lipinski definition) is 0. The van der Waals surface area contributed by atoms with Crippen molar-refractivity contribution in [3.63, 3.8) is 0 Å². The van der Waals surface area contributed by atoms with Gasteiger partial charge >= 0.3 is 4.83 Å². The fraction of sp³-hybridized carbons (Fsp3) is 0.167. The highest BCUT2D eigenvalue weighted by atomic mass is 79.9. The van der Waals surface area contributed by atoms with Crippen molar-refractivity contribution < 1.29 is 8.78 Å². The van der Waals surface area contributed by atoms with Crippen LogP contribution >= 0.6 is 55.1 Å². The second-order valence-electron chi connectivity index (χ2n) is 3.77. The van der Waals surface area contributed by atoms with Gasteiger partial charge in [0.15, 0.2) is 3.24 Å². The summed E-state index contributed by atoms with van der Waals surface area (Å²) in [6, 6.07) is 9.53. The molecule has 2 aromatic rings. The largest absolute Gasteiger partial charge is 0.326 e. The zero-order valence-electron chi connectivity index (χ0n) is 8.73. The lowest BCUT2D eigenvalue weighted by Crippen LogP contribution is -2.02. The molecule has 2 rings (SSSR count). The van der Waals surface area contributed by atoms with E-state index in [2.05, 4.69) is 31.9 Å². The third-order valence-electron chi connectivity index (χ3n) is 2.49. The molecule has 0 radical (unpaired) electrons. The Kier molecular flexibility index (Phi) is 3.94. The van der Waals surface area contributed by atoms with E-state index in [-0.39, 0.29) is 5.56 Å². The van der Waals surface area contributed by atoms with E-state index in [1.807, 2.05) is 0 Å². The Morgan fingerprint density at radius 2 is 1.28 bits per heavy atom. The minimum atomic E-state index is -3.03. The Labute approximate surface area is 130 Å². The van der Waals surface area contributed by atoms with Gasteiger partial charge in [0.25, 0.3) is 0 Å². The Hall–Kier alpha value is 0.1000. The highest BCUT2D eigenvalue weighted by Crippen LogP contribution is 2.42. The molecule has 2 aromatic carbocycles. The summed E-state index contributed by atoms with van der Waals surface area (Å²) in [7, 11) is 0. The summed E-state index contributed by atoms with van der Waals surface area (Å²) in [6.07, 6.45) is 0. The van der Waals surface area contributed by atoms with Gasteiger partial charge in [-0.25, -0.2) is 0 Å². The van der Waals surface area contributed by atoms with Gasteiger partial charge in [-0.05, 0) is 60.3 Å². The Morgan fingerprint density at radius 3 is 1.72 bits per heavy atom. The average Bonchev–Trinajstić information content (AvgIpc) is 2.25. The normalized spacial score (nSPS) is 13.0. The lowest BCUT2D eigenvalue weighted by Gasteiger charge is -2.14. The van der Waals surface area contributed by atoms with Crippen molar-refractivity contribution in [2.75, 3.05) is 0 Å². The molecule has 0 spiro atoms. The van der Waals surface area contributed by atoms with E-state index < -0.39 is 8.07 Å². The van der Waals surface area contributed by atoms with Crippen molar-refractivity contribution in [1.82, 2.24) is 0 Å². The van der Waals surface area contributed by atoms with Crippen LogP contribution in [-0.2, 0) is 8.07 Å². The van der Waals surface area contributed by atoms with Crippen LogP contribution in [0.15, 0.2) is 36.4 Å². The average molecular weight is 419 g/mol. The quantitative estimate of drug-likeness (QED) is 0.504. The first-order chi connectivity index (χ1) is 8.18. The van der Waals surface area contributed by atoms with Crippen molar-refractivity contribution in [2.45, 2.75) is 8.07 Å². The predicted molar refractivity (Wildman–Crippen MR) is 79.1 cm³/mol. The van der Waals surface area contributed by atoms with Crippen LogP contribution in [0.1, 0.15) is 11.1 Å². The number of rotatable bonds is 2. The molecule has 0 saturated carbocycles. The molecule has 0 unspecified atom stereocenters. The van der Waals surface area contributed by atoms with Gasteiger partial charge < -0.3 is 0 Å². The van der Waals surface area contributed by atoms with Crippen LogP contribution < -0.4 is 0 Å². The summed E-state index contributed by atoms with van der Waals surface area (Å²) in [4.78, 5) is -3.03. The smallest absolute Gasteiger partial charge is 0.188 e. The SMILES string of the molecule is FC(F)(Br)c1ccc2cc(C(Cl)(Cl)Br)ccc2c1. The van der Waals surface area contributed by atoms with Crippen LogP contribution in [0, 0.1) is 0 Å². The first kappa shape index (κ1) is 14.5. The fourth-order valence-corrected chi connectivity index (χ4v) is 2.33. The standard InChI is InChI=1S/C12H6Br2Cl2F2/c13-11(15,16)9-3-1-8-6-10(12(14,17)18)4-2-7(8)5-9/h1-6H. The first-order valence-corrected chi connectivity index (χ1v) is 7.20. The number of benzene rings is 2.